The molecule has 158 valence electrons. The number of aryl methyl sites for hydroxylation is 1. The lowest BCUT2D eigenvalue weighted by Crippen LogP contribution is -2.33. The second-order valence-corrected chi connectivity index (χ2v) is 9.22. The van der Waals surface area contributed by atoms with Crippen LogP contribution >= 0.6 is 23.1 Å². The van der Waals surface area contributed by atoms with Crippen molar-refractivity contribution in [3.63, 3.8) is 0 Å². The van der Waals surface area contributed by atoms with Crippen LogP contribution in [0, 0.1) is 6.92 Å². The van der Waals surface area contributed by atoms with Crippen molar-refractivity contribution in [2.75, 3.05) is 18.8 Å². The molecule has 1 aliphatic rings. The molecule has 3 aromatic heterocycles. The van der Waals surface area contributed by atoms with Crippen LogP contribution in [0.3, 0.4) is 0 Å². The Bertz CT molecular complexity index is 1120. The number of thioether (sulfide) groups is 1. The average Bonchev–Trinajstić information content (AvgIpc) is 3.25. The maximum absolute atomic E-state index is 13.3. The molecular formula is C22H25N3O3S2. The van der Waals surface area contributed by atoms with Gasteiger partial charge in [0.1, 0.15) is 16.4 Å². The molecule has 1 amide bonds. The number of aromatic nitrogens is 2. The van der Waals surface area contributed by atoms with Crippen molar-refractivity contribution in [2.24, 2.45) is 0 Å². The van der Waals surface area contributed by atoms with E-state index in [-0.39, 0.29) is 17.2 Å². The van der Waals surface area contributed by atoms with Crippen LogP contribution in [0.4, 0.5) is 0 Å². The predicted molar refractivity (Wildman–Crippen MR) is 122 cm³/mol. The van der Waals surface area contributed by atoms with Crippen LogP contribution in [-0.2, 0) is 11.3 Å². The molecule has 1 saturated heterocycles. The van der Waals surface area contributed by atoms with E-state index < -0.39 is 0 Å². The Labute approximate surface area is 183 Å². The number of likely N-dealkylation sites (tertiary alicyclic amines) is 1. The Morgan fingerprint density at radius 1 is 1.30 bits per heavy atom. The molecular weight excluding hydrogens is 418 g/mol. The fourth-order valence-electron chi connectivity index (χ4n) is 3.70. The number of hydrogen-bond acceptors (Lipinski definition) is 6. The van der Waals surface area contributed by atoms with Gasteiger partial charge in [0.25, 0.3) is 5.56 Å². The standard InChI is InChI=1S/C22H25N3O3S2/c1-3-10-25-21(27)19-16(17-9-8-15(2)28-17)13-29-20(19)23-22(25)30-14-18(26)24-11-6-4-5-7-12-24/h3,8-9,13H,1,4-7,10-12,14H2,2H3. The van der Waals surface area contributed by atoms with Gasteiger partial charge < -0.3 is 9.32 Å². The van der Waals surface area contributed by atoms with Gasteiger partial charge in [-0.05, 0) is 31.9 Å². The van der Waals surface area contributed by atoms with Crippen molar-refractivity contribution in [3.05, 3.63) is 46.3 Å². The van der Waals surface area contributed by atoms with E-state index in [1.54, 1.807) is 10.6 Å². The zero-order valence-electron chi connectivity index (χ0n) is 17.1. The highest BCUT2D eigenvalue weighted by Gasteiger charge is 2.21. The minimum absolute atomic E-state index is 0.110. The van der Waals surface area contributed by atoms with Gasteiger partial charge in [0, 0.05) is 30.6 Å². The zero-order valence-corrected chi connectivity index (χ0v) is 18.7. The van der Waals surface area contributed by atoms with Gasteiger partial charge in [0.15, 0.2) is 5.16 Å². The second-order valence-electron chi connectivity index (χ2n) is 7.42. The third kappa shape index (κ3) is 4.25. The van der Waals surface area contributed by atoms with Crippen molar-refractivity contribution >= 4 is 39.2 Å². The van der Waals surface area contributed by atoms with Crippen LogP contribution < -0.4 is 5.56 Å². The molecule has 0 aliphatic carbocycles. The Kier molecular flexibility index (Phi) is 6.43. The first-order valence-corrected chi connectivity index (χ1v) is 12.1. The molecule has 1 aliphatic heterocycles. The number of thiophene rings is 1. The van der Waals surface area contributed by atoms with Crippen LogP contribution in [-0.4, -0.2) is 39.2 Å². The molecule has 0 radical (unpaired) electrons. The van der Waals surface area contributed by atoms with E-state index in [2.05, 4.69) is 6.58 Å². The minimum Gasteiger partial charge on any atom is -0.461 e. The first kappa shape index (κ1) is 20.9. The number of rotatable bonds is 6. The largest absolute Gasteiger partial charge is 0.461 e. The smallest absolute Gasteiger partial charge is 0.263 e. The van der Waals surface area contributed by atoms with Gasteiger partial charge in [-0.1, -0.05) is 30.7 Å². The molecule has 6 nitrogen and oxygen atoms in total. The summed E-state index contributed by atoms with van der Waals surface area (Å²) in [5, 5.41) is 3.02. The summed E-state index contributed by atoms with van der Waals surface area (Å²) in [6.07, 6.45) is 6.17. The predicted octanol–water partition coefficient (Wildman–Crippen LogP) is 4.71. The fourth-order valence-corrected chi connectivity index (χ4v) is 5.58. The molecule has 3 aromatic rings. The van der Waals surface area contributed by atoms with Crippen LogP contribution in [0.1, 0.15) is 31.4 Å². The third-order valence-electron chi connectivity index (χ3n) is 5.26. The van der Waals surface area contributed by atoms with E-state index in [9.17, 15) is 9.59 Å². The van der Waals surface area contributed by atoms with Gasteiger partial charge in [-0.3, -0.25) is 14.2 Å². The van der Waals surface area contributed by atoms with E-state index in [1.807, 2.05) is 29.3 Å². The molecule has 0 N–H and O–H groups in total. The summed E-state index contributed by atoms with van der Waals surface area (Å²) in [5.74, 6) is 1.85. The van der Waals surface area contributed by atoms with Gasteiger partial charge in [-0.25, -0.2) is 4.98 Å². The van der Waals surface area contributed by atoms with Crippen LogP contribution in [0.15, 0.2) is 44.5 Å². The lowest BCUT2D eigenvalue weighted by atomic mass is 10.2. The molecule has 0 aromatic carbocycles. The minimum atomic E-state index is -0.130. The topological polar surface area (TPSA) is 68.3 Å². The quantitative estimate of drug-likeness (QED) is 0.314. The molecule has 0 saturated carbocycles. The second kappa shape index (κ2) is 9.22. The van der Waals surface area contributed by atoms with Gasteiger partial charge in [0.2, 0.25) is 5.91 Å². The molecule has 0 spiro atoms. The molecule has 0 bridgehead atoms. The maximum Gasteiger partial charge on any atom is 0.263 e. The number of furan rings is 1. The van der Waals surface area contributed by atoms with E-state index in [1.165, 1.54) is 35.9 Å². The monoisotopic (exact) mass is 443 g/mol. The maximum atomic E-state index is 13.3. The molecule has 4 heterocycles. The highest BCUT2D eigenvalue weighted by Crippen LogP contribution is 2.33. The zero-order chi connectivity index (χ0) is 21.1. The molecule has 0 atom stereocenters. The Morgan fingerprint density at radius 2 is 2.07 bits per heavy atom. The van der Waals surface area contributed by atoms with Crippen molar-refractivity contribution < 1.29 is 9.21 Å². The van der Waals surface area contributed by atoms with E-state index >= 15 is 0 Å². The summed E-state index contributed by atoms with van der Waals surface area (Å²) >= 11 is 2.75. The lowest BCUT2D eigenvalue weighted by molar-refractivity contribution is -0.128. The number of amides is 1. The summed E-state index contributed by atoms with van der Waals surface area (Å²) < 4.78 is 7.33. The van der Waals surface area contributed by atoms with Crippen molar-refractivity contribution in [1.82, 2.24) is 14.5 Å². The number of allylic oxidation sites excluding steroid dienone is 1. The molecule has 30 heavy (non-hydrogen) atoms. The van der Waals surface area contributed by atoms with E-state index in [4.69, 9.17) is 9.40 Å². The normalized spacial score (nSPS) is 14.8. The first-order chi connectivity index (χ1) is 14.6. The van der Waals surface area contributed by atoms with Crippen molar-refractivity contribution in [1.29, 1.82) is 0 Å². The number of carbonyl (C=O) groups is 1. The summed E-state index contributed by atoms with van der Waals surface area (Å²) in [7, 11) is 0. The fraction of sp³-hybridized carbons (Fsp3) is 0.409. The van der Waals surface area contributed by atoms with Gasteiger partial charge >= 0.3 is 0 Å². The van der Waals surface area contributed by atoms with Crippen LogP contribution in [0.2, 0.25) is 0 Å². The Balaban J connectivity index is 1.64. The number of carbonyl (C=O) groups excluding carboxylic acids is 1. The first-order valence-electron chi connectivity index (χ1n) is 10.2. The third-order valence-corrected chi connectivity index (χ3v) is 7.09. The number of hydrogen-bond donors (Lipinski definition) is 0. The van der Waals surface area contributed by atoms with Crippen LogP contribution in [0.5, 0.6) is 0 Å². The molecule has 1 fully saturated rings. The van der Waals surface area contributed by atoms with E-state index in [0.29, 0.717) is 27.7 Å². The van der Waals surface area contributed by atoms with E-state index in [0.717, 1.165) is 37.3 Å². The van der Waals surface area contributed by atoms with Crippen molar-refractivity contribution in [2.45, 2.75) is 44.3 Å². The summed E-state index contributed by atoms with van der Waals surface area (Å²) in [5.41, 5.74) is 0.630. The SMILES string of the molecule is C=CCn1c(SCC(=O)N2CCCCCC2)nc2scc(-c3ccc(C)o3)c2c1=O. The number of fused-ring (bicyclic) bond motifs is 1. The molecule has 8 heteroatoms. The Hall–Kier alpha value is -2.32. The highest BCUT2D eigenvalue weighted by molar-refractivity contribution is 7.99. The average molecular weight is 444 g/mol. The summed E-state index contributed by atoms with van der Waals surface area (Å²) in [4.78, 5) is 33.3. The molecule has 0 unspecified atom stereocenters. The molecule has 4 rings (SSSR count). The number of nitrogens with zero attached hydrogens (tertiary/aromatic N) is 3. The van der Waals surface area contributed by atoms with Crippen molar-refractivity contribution in [3.8, 4) is 11.3 Å². The van der Waals surface area contributed by atoms with Gasteiger partial charge in [-0.2, -0.15) is 0 Å². The Morgan fingerprint density at radius 3 is 2.73 bits per heavy atom. The lowest BCUT2D eigenvalue weighted by Gasteiger charge is -2.20. The highest BCUT2D eigenvalue weighted by atomic mass is 32.2. The van der Waals surface area contributed by atoms with Crippen LogP contribution in [0.25, 0.3) is 21.5 Å². The summed E-state index contributed by atoms with van der Waals surface area (Å²) in [6.45, 7) is 7.64. The van der Waals surface area contributed by atoms with Gasteiger partial charge in [0.05, 0.1) is 11.1 Å². The van der Waals surface area contributed by atoms with Gasteiger partial charge in [-0.15, -0.1) is 17.9 Å². The summed E-state index contributed by atoms with van der Waals surface area (Å²) in [6, 6.07) is 3.75.